The van der Waals surface area contributed by atoms with Crippen molar-refractivity contribution < 1.29 is 18.4 Å². The number of carbonyl (C=O) groups is 2. The number of halogens is 2. The lowest BCUT2D eigenvalue weighted by molar-refractivity contribution is -0.130. The van der Waals surface area contributed by atoms with E-state index in [1.807, 2.05) is 51.1 Å². The number of ketones is 1. The Hall–Kier alpha value is -3.61. The van der Waals surface area contributed by atoms with Gasteiger partial charge in [-0.15, -0.1) is 0 Å². The lowest BCUT2D eigenvalue weighted by Crippen LogP contribution is -2.42. The van der Waals surface area contributed by atoms with E-state index in [0.717, 1.165) is 32.8 Å². The van der Waals surface area contributed by atoms with E-state index in [0.29, 0.717) is 11.4 Å². The second-order valence-electron chi connectivity index (χ2n) is 11.7. The summed E-state index contributed by atoms with van der Waals surface area (Å²) < 4.78 is 27.2. The summed E-state index contributed by atoms with van der Waals surface area (Å²) in [5.74, 6) is -2.58. The van der Waals surface area contributed by atoms with Gasteiger partial charge in [-0.05, 0) is 71.0 Å². The molecule has 5 nitrogen and oxygen atoms in total. The van der Waals surface area contributed by atoms with E-state index in [9.17, 15) is 18.4 Å². The highest BCUT2D eigenvalue weighted by atomic mass is 19.3. The van der Waals surface area contributed by atoms with Gasteiger partial charge < -0.3 is 10.3 Å². The molecule has 5 rings (SSSR count). The zero-order valence-corrected chi connectivity index (χ0v) is 22.2. The number of alkyl halides is 2. The van der Waals surface area contributed by atoms with E-state index in [1.54, 1.807) is 13.1 Å². The molecule has 198 valence electrons. The Balaban J connectivity index is 1.40. The molecule has 1 atom stereocenters. The Morgan fingerprint density at radius 2 is 1.61 bits per heavy atom. The first kappa shape index (κ1) is 26.0. The maximum atomic E-state index is 13.6. The first-order valence-corrected chi connectivity index (χ1v) is 13.1. The molecule has 1 aliphatic carbocycles. The van der Waals surface area contributed by atoms with Gasteiger partial charge in [0.2, 0.25) is 11.8 Å². The molecule has 1 saturated carbocycles. The summed E-state index contributed by atoms with van der Waals surface area (Å²) in [4.78, 5) is 32.8. The third-order valence-electron chi connectivity index (χ3n) is 7.62. The van der Waals surface area contributed by atoms with E-state index in [2.05, 4.69) is 33.5 Å². The number of hydrogen-bond donors (Lipinski definition) is 2. The largest absolute Gasteiger partial charge is 0.345 e. The molecule has 1 aliphatic rings. The minimum absolute atomic E-state index is 0.0439. The standard InChI is InChI=1S/C31H33F2N3O2/c1-18(37)20-5-6-21-15-25-16-23(8-7-22(25)14-24(21)13-20)26-17-34-28(35-26)27(30(2,3)4)36-29(38)19-9-11-31(32,33)12-10-19/h5-8,13-17,19,27H,9-12H2,1-4H3,(H,34,35)(H,36,38)/t27-/m1/s1. The maximum Gasteiger partial charge on any atom is 0.248 e. The zero-order valence-electron chi connectivity index (χ0n) is 22.2. The number of hydrogen-bond acceptors (Lipinski definition) is 3. The van der Waals surface area contributed by atoms with Gasteiger partial charge in [0.05, 0.1) is 17.9 Å². The molecule has 0 unspecified atom stereocenters. The van der Waals surface area contributed by atoms with Crippen LogP contribution >= 0.6 is 0 Å². The van der Waals surface area contributed by atoms with Crippen LogP contribution in [-0.4, -0.2) is 27.6 Å². The van der Waals surface area contributed by atoms with Crippen LogP contribution in [0.4, 0.5) is 8.78 Å². The summed E-state index contributed by atoms with van der Waals surface area (Å²) in [7, 11) is 0. The number of amides is 1. The van der Waals surface area contributed by atoms with Crippen LogP contribution in [0.3, 0.4) is 0 Å². The van der Waals surface area contributed by atoms with Gasteiger partial charge in [-0.1, -0.05) is 45.0 Å². The fourth-order valence-electron chi connectivity index (χ4n) is 5.27. The van der Waals surface area contributed by atoms with Gasteiger partial charge in [0.25, 0.3) is 0 Å². The Kier molecular flexibility index (Phi) is 6.58. The lowest BCUT2D eigenvalue weighted by atomic mass is 9.83. The third kappa shape index (κ3) is 5.33. The average Bonchev–Trinajstić information content (AvgIpc) is 3.34. The molecule has 0 saturated heterocycles. The number of nitrogens with one attached hydrogen (secondary N) is 2. The van der Waals surface area contributed by atoms with Crippen LogP contribution in [0.15, 0.2) is 54.7 Å². The number of fused-ring (bicyclic) bond motifs is 2. The van der Waals surface area contributed by atoms with Crippen molar-refractivity contribution in [1.82, 2.24) is 15.3 Å². The van der Waals surface area contributed by atoms with Gasteiger partial charge in [0.15, 0.2) is 5.78 Å². The van der Waals surface area contributed by atoms with Crippen LogP contribution in [0, 0.1) is 11.3 Å². The van der Waals surface area contributed by atoms with Crippen LogP contribution in [0.2, 0.25) is 0 Å². The summed E-state index contributed by atoms with van der Waals surface area (Å²) >= 11 is 0. The van der Waals surface area contributed by atoms with Crippen LogP contribution in [-0.2, 0) is 4.79 Å². The zero-order chi connectivity index (χ0) is 27.2. The average molecular weight is 518 g/mol. The van der Waals surface area contributed by atoms with Crippen molar-refractivity contribution in [3.8, 4) is 11.3 Å². The summed E-state index contributed by atoms with van der Waals surface area (Å²) in [5, 5.41) is 7.31. The predicted molar refractivity (Wildman–Crippen MR) is 146 cm³/mol. The summed E-state index contributed by atoms with van der Waals surface area (Å²) in [6.07, 6.45) is 1.67. The van der Waals surface area contributed by atoms with Crippen molar-refractivity contribution in [2.75, 3.05) is 0 Å². The molecule has 1 aromatic heterocycles. The quantitative estimate of drug-likeness (QED) is 0.211. The molecule has 0 radical (unpaired) electrons. The Morgan fingerprint density at radius 3 is 2.24 bits per heavy atom. The highest BCUT2D eigenvalue weighted by Crippen LogP contribution is 2.38. The molecule has 0 aliphatic heterocycles. The Bertz CT molecular complexity index is 1520. The summed E-state index contributed by atoms with van der Waals surface area (Å²) in [5.41, 5.74) is 2.14. The minimum Gasteiger partial charge on any atom is -0.345 e. The first-order valence-electron chi connectivity index (χ1n) is 13.1. The van der Waals surface area contributed by atoms with Gasteiger partial charge in [0, 0.05) is 29.9 Å². The lowest BCUT2D eigenvalue weighted by Gasteiger charge is -2.33. The molecular weight excluding hydrogens is 484 g/mol. The number of H-pyrrole nitrogens is 1. The topological polar surface area (TPSA) is 74.8 Å². The van der Waals surface area contributed by atoms with Crippen LogP contribution < -0.4 is 5.32 Å². The first-order chi connectivity index (χ1) is 17.9. The maximum absolute atomic E-state index is 13.6. The molecule has 0 bridgehead atoms. The van der Waals surface area contributed by atoms with Crippen LogP contribution in [0.25, 0.3) is 32.8 Å². The number of imidazole rings is 1. The summed E-state index contributed by atoms with van der Waals surface area (Å²) in [6.45, 7) is 7.63. The minimum atomic E-state index is -2.67. The van der Waals surface area contributed by atoms with Gasteiger partial charge in [-0.2, -0.15) is 0 Å². The van der Waals surface area contributed by atoms with Crippen molar-refractivity contribution in [2.24, 2.45) is 11.3 Å². The number of nitrogens with zero attached hydrogens (tertiary/aromatic N) is 1. The molecule has 3 aromatic carbocycles. The van der Waals surface area contributed by atoms with Crippen LogP contribution in [0.5, 0.6) is 0 Å². The summed E-state index contributed by atoms with van der Waals surface area (Å²) in [6, 6.07) is 15.7. The van der Waals surface area contributed by atoms with E-state index in [-0.39, 0.29) is 42.8 Å². The molecule has 7 heteroatoms. The van der Waals surface area contributed by atoms with E-state index in [1.165, 1.54) is 0 Å². The fraction of sp³-hybridized carbons (Fsp3) is 0.387. The number of aromatic nitrogens is 2. The van der Waals surface area contributed by atoms with Crippen molar-refractivity contribution in [3.63, 3.8) is 0 Å². The SMILES string of the molecule is CC(=O)c1ccc2cc3cc(-c4cnc([C@@H](NC(=O)C5CCC(F)(F)CC5)C(C)(C)C)[nH]4)ccc3cc2c1. The number of aromatic amines is 1. The second kappa shape index (κ2) is 9.61. The molecule has 4 aromatic rings. The number of benzene rings is 3. The van der Waals surface area contributed by atoms with Crippen molar-refractivity contribution >= 4 is 33.2 Å². The van der Waals surface area contributed by atoms with Gasteiger partial charge in [-0.3, -0.25) is 9.59 Å². The Morgan fingerprint density at radius 1 is 0.974 bits per heavy atom. The fourth-order valence-corrected chi connectivity index (χ4v) is 5.27. The highest BCUT2D eigenvalue weighted by Gasteiger charge is 2.39. The van der Waals surface area contributed by atoms with Crippen molar-refractivity contribution in [1.29, 1.82) is 0 Å². The normalized spacial score (nSPS) is 17.0. The van der Waals surface area contributed by atoms with Crippen molar-refractivity contribution in [2.45, 2.75) is 65.3 Å². The Labute approximate surface area is 221 Å². The third-order valence-corrected chi connectivity index (χ3v) is 7.62. The highest BCUT2D eigenvalue weighted by molar-refractivity contribution is 6.03. The van der Waals surface area contributed by atoms with E-state index < -0.39 is 17.9 Å². The van der Waals surface area contributed by atoms with E-state index in [4.69, 9.17) is 0 Å². The number of rotatable bonds is 5. The number of Topliss-reactive ketones (excluding diaryl/α,β-unsaturated/α-hetero) is 1. The van der Waals surface area contributed by atoms with Crippen LogP contribution in [0.1, 0.15) is 75.6 Å². The smallest absolute Gasteiger partial charge is 0.248 e. The molecule has 0 spiro atoms. The monoisotopic (exact) mass is 517 g/mol. The molecule has 2 N–H and O–H groups in total. The van der Waals surface area contributed by atoms with Gasteiger partial charge in [0.1, 0.15) is 5.82 Å². The second-order valence-corrected chi connectivity index (χ2v) is 11.7. The molecule has 1 heterocycles. The molecule has 1 amide bonds. The molecular formula is C31H33F2N3O2. The molecule has 38 heavy (non-hydrogen) atoms. The van der Waals surface area contributed by atoms with Gasteiger partial charge in [-0.25, -0.2) is 13.8 Å². The predicted octanol–water partition coefficient (Wildman–Crippen LogP) is 7.61. The van der Waals surface area contributed by atoms with Gasteiger partial charge >= 0.3 is 0 Å². The van der Waals surface area contributed by atoms with Crippen molar-refractivity contribution in [3.05, 3.63) is 66.1 Å². The molecule has 1 fully saturated rings. The van der Waals surface area contributed by atoms with E-state index >= 15 is 0 Å². The number of carbonyl (C=O) groups excluding carboxylic acids is 2.